The lowest BCUT2D eigenvalue weighted by molar-refractivity contribution is -0.141. The zero-order valence-corrected chi connectivity index (χ0v) is 18.7. The highest BCUT2D eigenvalue weighted by Gasteiger charge is 2.47. The predicted molar refractivity (Wildman–Crippen MR) is 121 cm³/mol. The minimum atomic E-state index is -0.153. The summed E-state index contributed by atoms with van der Waals surface area (Å²) in [4.78, 5) is 54.2. The first kappa shape index (κ1) is 21.7. The predicted octanol–water partition coefficient (Wildman–Crippen LogP) is 2.81. The van der Waals surface area contributed by atoms with Gasteiger partial charge in [-0.2, -0.15) is 0 Å². The zero-order valence-electron chi connectivity index (χ0n) is 18.7. The van der Waals surface area contributed by atoms with Crippen LogP contribution in [0.3, 0.4) is 0 Å². The van der Waals surface area contributed by atoms with Crippen molar-refractivity contribution in [3.63, 3.8) is 0 Å². The number of pyridine rings is 1. The maximum absolute atomic E-state index is 12.9. The minimum absolute atomic E-state index is 0.0148. The Kier molecular flexibility index (Phi) is 6.15. The average molecular weight is 448 g/mol. The van der Waals surface area contributed by atoms with Gasteiger partial charge in [0.1, 0.15) is 6.33 Å². The smallest absolute Gasteiger partial charge is 0.233 e. The van der Waals surface area contributed by atoms with Gasteiger partial charge in [0.2, 0.25) is 17.7 Å². The first-order valence-corrected chi connectivity index (χ1v) is 12.0. The van der Waals surface area contributed by atoms with Gasteiger partial charge >= 0.3 is 0 Å². The van der Waals surface area contributed by atoms with Crippen molar-refractivity contribution in [3.05, 3.63) is 42.7 Å². The Hall–Kier alpha value is -3.16. The van der Waals surface area contributed by atoms with Crippen LogP contribution >= 0.6 is 0 Å². The summed E-state index contributed by atoms with van der Waals surface area (Å²) in [6.45, 7) is 1.51. The van der Waals surface area contributed by atoms with Crippen molar-refractivity contribution in [3.8, 4) is 11.1 Å². The van der Waals surface area contributed by atoms with Crippen LogP contribution < -0.4 is 0 Å². The van der Waals surface area contributed by atoms with Crippen LogP contribution in [0.5, 0.6) is 0 Å². The van der Waals surface area contributed by atoms with Crippen LogP contribution in [0, 0.1) is 11.8 Å². The molecule has 8 nitrogen and oxygen atoms in total. The lowest BCUT2D eigenvalue weighted by atomic mass is 9.81. The molecule has 3 amide bonds. The van der Waals surface area contributed by atoms with Crippen molar-refractivity contribution in [2.75, 3.05) is 19.6 Å². The van der Waals surface area contributed by atoms with Gasteiger partial charge in [0.25, 0.3) is 0 Å². The summed E-state index contributed by atoms with van der Waals surface area (Å²) in [6.07, 6.45) is 12.4. The molecule has 2 atom stereocenters. The van der Waals surface area contributed by atoms with Gasteiger partial charge in [-0.05, 0) is 43.4 Å². The molecule has 0 radical (unpaired) electrons. The first-order chi connectivity index (χ1) is 16.1. The molecule has 2 saturated heterocycles. The molecule has 0 bridgehead atoms. The summed E-state index contributed by atoms with van der Waals surface area (Å²) in [5, 5.41) is 0. The summed E-state index contributed by atoms with van der Waals surface area (Å²) in [6, 6.07) is 3.91. The zero-order chi connectivity index (χ0) is 22.8. The van der Waals surface area contributed by atoms with E-state index in [1.165, 1.54) is 4.90 Å². The molecular weight excluding hydrogens is 418 g/mol. The van der Waals surface area contributed by atoms with E-state index in [0.29, 0.717) is 13.1 Å². The largest absolute Gasteiger partial charge is 0.343 e. The summed E-state index contributed by atoms with van der Waals surface area (Å²) >= 11 is 0. The van der Waals surface area contributed by atoms with E-state index in [1.54, 1.807) is 18.7 Å². The van der Waals surface area contributed by atoms with Crippen molar-refractivity contribution in [1.82, 2.24) is 24.8 Å². The van der Waals surface area contributed by atoms with E-state index >= 15 is 0 Å². The Balaban J connectivity index is 1.17. The van der Waals surface area contributed by atoms with E-state index in [0.717, 1.165) is 55.3 Å². The van der Waals surface area contributed by atoms with E-state index in [2.05, 4.69) is 15.0 Å². The summed E-state index contributed by atoms with van der Waals surface area (Å²) in [5.41, 5.74) is 3.07. The van der Waals surface area contributed by atoms with E-state index in [9.17, 15) is 14.4 Å². The third-order valence-corrected chi connectivity index (χ3v) is 7.45. The number of hydrogen-bond donors (Lipinski definition) is 0. The fraction of sp³-hybridized carbons (Fsp3) is 0.520. The van der Waals surface area contributed by atoms with Gasteiger partial charge in [0.05, 0.1) is 17.5 Å². The van der Waals surface area contributed by atoms with Gasteiger partial charge < -0.3 is 4.90 Å². The highest BCUT2D eigenvalue weighted by atomic mass is 16.2. The maximum Gasteiger partial charge on any atom is 0.233 e. The van der Waals surface area contributed by atoms with Crippen molar-refractivity contribution < 1.29 is 14.4 Å². The number of carbonyl (C=O) groups is 3. The standard InChI is InChI=1S/C25H29N5O3/c31-22(9-14-30-24(32)19-3-1-2-4-20(19)25(30)33)29-12-7-18(8-13-29)23-21(15-27-16-28-23)17-5-10-26-11-6-17/h5-6,10-11,15-16,18-20H,1-4,7-9,12-14H2/t19-,20-/m1/s1. The number of fused-ring (bicyclic) bond motifs is 1. The molecule has 2 aromatic rings. The molecule has 1 saturated carbocycles. The Morgan fingerprint density at radius 3 is 2.27 bits per heavy atom. The lowest BCUT2D eigenvalue weighted by Crippen LogP contribution is -2.41. The maximum atomic E-state index is 12.9. The van der Waals surface area contributed by atoms with Crippen LogP contribution in [0.2, 0.25) is 0 Å². The van der Waals surface area contributed by atoms with Crippen molar-refractivity contribution in [2.24, 2.45) is 11.8 Å². The average Bonchev–Trinajstić information content (AvgIpc) is 3.12. The second-order valence-corrected chi connectivity index (χ2v) is 9.29. The molecular formula is C25H29N5O3. The van der Waals surface area contributed by atoms with Gasteiger partial charge in [0.15, 0.2) is 0 Å². The normalized spacial score (nSPS) is 23.6. The van der Waals surface area contributed by atoms with Crippen molar-refractivity contribution in [1.29, 1.82) is 0 Å². The third kappa shape index (κ3) is 4.26. The number of amides is 3. The van der Waals surface area contributed by atoms with Crippen LogP contribution in [-0.2, 0) is 14.4 Å². The number of piperidine rings is 1. The number of carbonyl (C=O) groups excluding carboxylic acids is 3. The molecule has 0 aromatic carbocycles. The molecule has 8 heteroatoms. The minimum Gasteiger partial charge on any atom is -0.343 e. The van der Waals surface area contributed by atoms with Crippen LogP contribution in [0.25, 0.3) is 11.1 Å². The second kappa shape index (κ2) is 9.37. The van der Waals surface area contributed by atoms with Crippen LogP contribution in [0.15, 0.2) is 37.1 Å². The van der Waals surface area contributed by atoms with Crippen LogP contribution in [0.4, 0.5) is 0 Å². The fourth-order valence-electron chi connectivity index (χ4n) is 5.64. The molecule has 3 aliphatic rings. The SMILES string of the molecule is O=C(CCN1C(=O)[C@@H]2CCCC[C@H]2C1=O)N1CCC(c2ncncc2-c2ccncc2)CC1. The number of hydrogen-bond acceptors (Lipinski definition) is 6. The summed E-state index contributed by atoms with van der Waals surface area (Å²) in [5.74, 6) is -0.169. The van der Waals surface area contributed by atoms with Gasteiger partial charge in [-0.1, -0.05) is 12.8 Å². The Labute approximate surface area is 193 Å². The van der Waals surface area contributed by atoms with Crippen molar-refractivity contribution in [2.45, 2.75) is 50.9 Å². The molecule has 33 heavy (non-hydrogen) atoms. The number of imide groups is 1. The quantitative estimate of drug-likeness (QED) is 0.654. The number of likely N-dealkylation sites (tertiary alicyclic amines) is 2. The van der Waals surface area contributed by atoms with E-state index in [4.69, 9.17) is 0 Å². The lowest BCUT2D eigenvalue weighted by Gasteiger charge is -2.32. The van der Waals surface area contributed by atoms with Gasteiger partial charge in [0, 0.05) is 56.1 Å². The molecule has 0 N–H and O–H groups in total. The van der Waals surface area contributed by atoms with Gasteiger partial charge in [-0.25, -0.2) is 9.97 Å². The van der Waals surface area contributed by atoms with E-state index in [-0.39, 0.29) is 48.4 Å². The molecule has 5 rings (SSSR count). The first-order valence-electron chi connectivity index (χ1n) is 12.0. The molecule has 0 spiro atoms. The molecule has 1 aliphatic carbocycles. The van der Waals surface area contributed by atoms with E-state index < -0.39 is 0 Å². The highest BCUT2D eigenvalue weighted by molar-refractivity contribution is 6.05. The Morgan fingerprint density at radius 2 is 1.61 bits per heavy atom. The monoisotopic (exact) mass is 447 g/mol. The highest BCUT2D eigenvalue weighted by Crippen LogP contribution is 2.38. The number of aromatic nitrogens is 3. The fourth-order valence-corrected chi connectivity index (χ4v) is 5.64. The molecule has 2 aliphatic heterocycles. The van der Waals surface area contributed by atoms with Crippen LogP contribution in [0.1, 0.15) is 56.6 Å². The number of rotatable bonds is 5. The molecule has 172 valence electrons. The topological polar surface area (TPSA) is 96.4 Å². The third-order valence-electron chi connectivity index (χ3n) is 7.45. The molecule has 4 heterocycles. The Morgan fingerprint density at radius 1 is 0.939 bits per heavy atom. The van der Waals surface area contributed by atoms with Gasteiger partial charge in [-0.15, -0.1) is 0 Å². The number of nitrogens with zero attached hydrogens (tertiary/aromatic N) is 5. The van der Waals surface area contributed by atoms with Crippen molar-refractivity contribution >= 4 is 17.7 Å². The molecule has 2 aromatic heterocycles. The second-order valence-electron chi connectivity index (χ2n) is 9.29. The van der Waals surface area contributed by atoms with E-state index in [1.807, 2.05) is 23.2 Å². The van der Waals surface area contributed by atoms with Gasteiger partial charge in [-0.3, -0.25) is 24.3 Å². The summed E-state index contributed by atoms with van der Waals surface area (Å²) < 4.78 is 0. The Bertz CT molecular complexity index is 1010. The molecule has 0 unspecified atom stereocenters. The molecule has 3 fully saturated rings. The van der Waals surface area contributed by atoms with Crippen LogP contribution in [-0.4, -0.2) is 62.1 Å². The summed E-state index contributed by atoms with van der Waals surface area (Å²) in [7, 11) is 0.